The molecule has 1 saturated carbocycles. The molecule has 2 aliphatic rings. The molecule has 1 aromatic carbocycles. The van der Waals surface area contributed by atoms with Crippen LogP contribution < -0.4 is 5.32 Å². The van der Waals surface area contributed by atoms with Crippen molar-refractivity contribution in [3.05, 3.63) is 35.4 Å². The second-order valence-corrected chi connectivity index (χ2v) is 5.52. The van der Waals surface area contributed by atoms with Crippen molar-refractivity contribution in [2.75, 3.05) is 13.2 Å². The Morgan fingerprint density at radius 3 is 2.57 bits per heavy atom. The van der Waals surface area contributed by atoms with E-state index in [1.165, 1.54) is 12.1 Å². The minimum Gasteiger partial charge on any atom is -0.466 e. The molecule has 6 heteroatoms. The molecular formula is C15H16F3NO2. The van der Waals surface area contributed by atoms with Gasteiger partial charge in [0.05, 0.1) is 18.1 Å². The number of fused-ring (bicyclic) bond motifs is 1. The van der Waals surface area contributed by atoms with Gasteiger partial charge in [-0.25, -0.2) is 0 Å². The highest BCUT2D eigenvalue weighted by atomic mass is 19.4. The van der Waals surface area contributed by atoms with E-state index in [0.29, 0.717) is 13.2 Å². The van der Waals surface area contributed by atoms with Crippen molar-refractivity contribution in [1.29, 1.82) is 0 Å². The van der Waals surface area contributed by atoms with Crippen LogP contribution in [0.15, 0.2) is 24.3 Å². The van der Waals surface area contributed by atoms with Crippen molar-refractivity contribution in [1.82, 2.24) is 5.32 Å². The lowest BCUT2D eigenvalue weighted by molar-refractivity contribution is -0.145. The van der Waals surface area contributed by atoms with Gasteiger partial charge in [-0.05, 0) is 43.0 Å². The van der Waals surface area contributed by atoms with Crippen LogP contribution in [-0.2, 0) is 15.7 Å². The van der Waals surface area contributed by atoms with Crippen molar-refractivity contribution in [3.63, 3.8) is 0 Å². The van der Waals surface area contributed by atoms with Gasteiger partial charge in [0.25, 0.3) is 0 Å². The molecule has 0 bridgehead atoms. The second-order valence-electron chi connectivity index (χ2n) is 5.52. The summed E-state index contributed by atoms with van der Waals surface area (Å²) in [5, 5.41) is 3.27. The lowest BCUT2D eigenvalue weighted by Gasteiger charge is -2.17. The number of hydrogen-bond donors (Lipinski definition) is 1. The van der Waals surface area contributed by atoms with Crippen LogP contribution in [0.4, 0.5) is 13.2 Å². The first-order chi connectivity index (χ1) is 9.93. The van der Waals surface area contributed by atoms with E-state index in [1.807, 2.05) is 0 Å². The first-order valence-corrected chi connectivity index (χ1v) is 7.00. The molecule has 3 rings (SSSR count). The highest BCUT2D eigenvalue weighted by molar-refractivity contribution is 5.77. The SMILES string of the molecule is CCOC(=O)[C@@H]1[C@H]2CN[C@H](c3ccc(C(F)(F)F)cc3)[C@H]21. The number of nitrogens with one attached hydrogen (secondary N) is 1. The lowest BCUT2D eigenvalue weighted by atomic mass is 10.0. The molecule has 0 aromatic heterocycles. The summed E-state index contributed by atoms with van der Waals surface area (Å²) in [6.45, 7) is 2.83. The third-order valence-corrected chi connectivity index (χ3v) is 4.34. The van der Waals surface area contributed by atoms with Gasteiger partial charge in [0.1, 0.15) is 0 Å². The zero-order chi connectivity index (χ0) is 15.2. The Morgan fingerprint density at radius 2 is 2.00 bits per heavy atom. The molecule has 1 aliphatic carbocycles. The molecule has 3 nitrogen and oxygen atoms in total. The number of rotatable bonds is 3. The number of alkyl halides is 3. The number of carbonyl (C=O) groups is 1. The maximum atomic E-state index is 12.6. The number of halogens is 3. The summed E-state index contributed by atoms with van der Waals surface area (Å²) < 4.78 is 42.7. The minimum atomic E-state index is -4.32. The molecule has 0 spiro atoms. The maximum Gasteiger partial charge on any atom is 0.416 e. The van der Waals surface area contributed by atoms with Crippen LogP contribution in [0.5, 0.6) is 0 Å². The largest absolute Gasteiger partial charge is 0.466 e. The molecule has 1 aromatic rings. The number of benzene rings is 1. The lowest BCUT2D eigenvalue weighted by Crippen LogP contribution is -2.24. The average molecular weight is 299 g/mol. The predicted octanol–water partition coefficient (Wildman–Crippen LogP) is 2.78. The number of carbonyl (C=O) groups excluding carboxylic acids is 1. The third kappa shape index (κ3) is 2.52. The number of ether oxygens (including phenoxy) is 1. The van der Waals surface area contributed by atoms with Gasteiger partial charge in [-0.1, -0.05) is 12.1 Å². The number of esters is 1. The Kier molecular flexibility index (Phi) is 3.43. The minimum absolute atomic E-state index is 0.0633. The zero-order valence-electron chi connectivity index (χ0n) is 11.5. The number of piperidine rings is 1. The molecule has 1 saturated heterocycles. The highest BCUT2D eigenvalue weighted by Gasteiger charge is 2.62. The van der Waals surface area contributed by atoms with Crippen LogP contribution in [-0.4, -0.2) is 19.1 Å². The molecule has 21 heavy (non-hydrogen) atoms. The van der Waals surface area contributed by atoms with Crippen molar-refractivity contribution in [2.45, 2.75) is 19.1 Å². The van der Waals surface area contributed by atoms with Crippen molar-refractivity contribution in [3.8, 4) is 0 Å². The summed E-state index contributed by atoms with van der Waals surface area (Å²) in [5.74, 6) is 0.0848. The molecule has 1 aliphatic heterocycles. The van der Waals surface area contributed by atoms with Gasteiger partial charge in [-0.3, -0.25) is 4.79 Å². The van der Waals surface area contributed by atoms with E-state index in [1.54, 1.807) is 6.92 Å². The quantitative estimate of drug-likeness (QED) is 0.872. The molecule has 114 valence electrons. The average Bonchev–Trinajstić information content (AvgIpc) is 2.99. The van der Waals surface area contributed by atoms with E-state index in [9.17, 15) is 18.0 Å². The van der Waals surface area contributed by atoms with Crippen LogP contribution in [0.3, 0.4) is 0 Å². The van der Waals surface area contributed by atoms with Gasteiger partial charge < -0.3 is 10.1 Å². The van der Waals surface area contributed by atoms with Crippen LogP contribution >= 0.6 is 0 Å². The fourth-order valence-electron chi connectivity index (χ4n) is 3.31. The summed E-state index contributed by atoms with van der Waals surface area (Å²) in [6.07, 6.45) is -4.32. The molecule has 1 heterocycles. The first-order valence-electron chi connectivity index (χ1n) is 7.00. The summed E-state index contributed by atoms with van der Waals surface area (Å²) in [7, 11) is 0. The Bertz CT molecular complexity index is 541. The third-order valence-electron chi connectivity index (χ3n) is 4.34. The van der Waals surface area contributed by atoms with Crippen molar-refractivity contribution in [2.24, 2.45) is 17.8 Å². The monoisotopic (exact) mass is 299 g/mol. The van der Waals surface area contributed by atoms with E-state index < -0.39 is 11.7 Å². The van der Waals surface area contributed by atoms with Gasteiger partial charge in [-0.15, -0.1) is 0 Å². The maximum absolute atomic E-state index is 12.6. The molecule has 0 radical (unpaired) electrons. The topological polar surface area (TPSA) is 38.3 Å². The Morgan fingerprint density at radius 1 is 1.33 bits per heavy atom. The highest BCUT2D eigenvalue weighted by Crippen LogP contribution is 2.57. The smallest absolute Gasteiger partial charge is 0.416 e. The van der Waals surface area contributed by atoms with E-state index in [2.05, 4.69) is 5.32 Å². The molecule has 1 N–H and O–H groups in total. The van der Waals surface area contributed by atoms with Crippen molar-refractivity contribution < 1.29 is 22.7 Å². The Hall–Kier alpha value is -1.56. The van der Waals surface area contributed by atoms with E-state index in [-0.39, 0.29) is 29.8 Å². The normalized spacial score (nSPS) is 30.9. The number of hydrogen-bond acceptors (Lipinski definition) is 3. The molecule has 4 atom stereocenters. The van der Waals surface area contributed by atoms with Crippen LogP contribution in [0.1, 0.15) is 24.1 Å². The molecular weight excluding hydrogens is 283 g/mol. The summed E-state index contributed by atoms with van der Waals surface area (Å²) in [5.41, 5.74) is 0.140. The molecule has 2 fully saturated rings. The van der Waals surface area contributed by atoms with E-state index in [0.717, 1.165) is 17.7 Å². The van der Waals surface area contributed by atoms with Crippen LogP contribution in [0.2, 0.25) is 0 Å². The zero-order valence-corrected chi connectivity index (χ0v) is 11.5. The molecule has 0 unspecified atom stereocenters. The summed E-state index contributed by atoms with van der Waals surface area (Å²) >= 11 is 0. The van der Waals surface area contributed by atoms with Crippen molar-refractivity contribution >= 4 is 5.97 Å². The van der Waals surface area contributed by atoms with Gasteiger partial charge in [0, 0.05) is 6.04 Å². The van der Waals surface area contributed by atoms with E-state index in [4.69, 9.17) is 4.74 Å². The fraction of sp³-hybridized carbons (Fsp3) is 0.533. The Labute approximate surface area is 120 Å². The van der Waals surface area contributed by atoms with Gasteiger partial charge in [-0.2, -0.15) is 13.2 Å². The van der Waals surface area contributed by atoms with E-state index >= 15 is 0 Å². The Balaban J connectivity index is 1.72. The van der Waals surface area contributed by atoms with Gasteiger partial charge >= 0.3 is 12.1 Å². The van der Waals surface area contributed by atoms with Gasteiger partial charge in [0.2, 0.25) is 0 Å². The first kappa shape index (κ1) is 14.4. The second kappa shape index (κ2) is 5.02. The van der Waals surface area contributed by atoms with Crippen LogP contribution in [0, 0.1) is 17.8 Å². The summed E-state index contributed by atoms with van der Waals surface area (Å²) in [6, 6.07) is 5.09. The predicted molar refractivity (Wildman–Crippen MR) is 69.3 cm³/mol. The fourth-order valence-corrected chi connectivity index (χ4v) is 3.31. The van der Waals surface area contributed by atoms with Gasteiger partial charge in [0.15, 0.2) is 0 Å². The molecule has 0 amide bonds. The standard InChI is InChI=1S/C15H16F3NO2/c1-2-21-14(20)12-10-7-19-13(11(10)12)8-3-5-9(6-4-8)15(16,17)18/h3-6,10-13,19H,2,7H2,1H3/t10-,11+,12+,13+/m0/s1. The summed E-state index contributed by atoms with van der Waals surface area (Å²) in [4.78, 5) is 11.8. The van der Waals surface area contributed by atoms with Crippen LogP contribution in [0.25, 0.3) is 0 Å².